The van der Waals surface area contributed by atoms with Crippen LogP contribution in [0.2, 0.25) is 0 Å². The van der Waals surface area contributed by atoms with Gasteiger partial charge in [0, 0.05) is 12.1 Å². The van der Waals surface area contributed by atoms with Gasteiger partial charge in [-0.3, -0.25) is 4.79 Å². The SMILES string of the molecule is N#C/C(C(=O)OCc1ccccc1)=C1/N[C@H]2CCCC[C@@H]2NC1=O. The summed E-state index contributed by atoms with van der Waals surface area (Å²) in [5.41, 5.74) is 0.577. The van der Waals surface area contributed by atoms with E-state index in [1.54, 1.807) is 0 Å². The molecule has 2 aliphatic rings. The highest BCUT2D eigenvalue weighted by Crippen LogP contribution is 2.23. The lowest BCUT2D eigenvalue weighted by atomic mass is 9.88. The van der Waals surface area contributed by atoms with Gasteiger partial charge >= 0.3 is 5.97 Å². The summed E-state index contributed by atoms with van der Waals surface area (Å²) in [7, 11) is 0. The van der Waals surface area contributed by atoms with E-state index in [9.17, 15) is 14.9 Å². The number of benzene rings is 1. The lowest BCUT2D eigenvalue weighted by Crippen LogP contribution is -2.59. The van der Waals surface area contributed by atoms with Gasteiger partial charge in [0.2, 0.25) is 0 Å². The van der Waals surface area contributed by atoms with Crippen molar-refractivity contribution in [2.45, 2.75) is 44.4 Å². The number of hydrogen-bond donors (Lipinski definition) is 2. The summed E-state index contributed by atoms with van der Waals surface area (Å²) in [5, 5.41) is 15.3. The van der Waals surface area contributed by atoms with Crippen molar-refractivity contribution in [2.75, 3.05) is 0 Å². The minimum Gasteiger partial charge on any atom is -0.457 e. The molecule has 124 valence electrons. The number of piperazine rings is 1. The molecule has 0 unspecified atom stereocenters. The number of nitriles is 1. The molecule has 2 atom stereocenters. The predicted octanol–water partition coefficient (Wildman–Crippen LogP) is 1.54. The second-order valence-electron chi connectivity index (χ2n) is 6.04. The van der Waals surface area contributed by atoms with Gasteiger partial charge in [0.1, 0.15) is 18.4 Å². The molecule has 1 aromatic carbocycles. The quantitative estimate of drug-likeness (QED) is 0.500. The Morgan fingerprint density at radius 2 is 1.83 bits per heavy atom. The molecule has 24 heavy (non-hydrogen) atoms. The fourth-order valence-corrected chi connectivity index (χ4v) is 3.15. The molecule has 2 fully saturated rings. The third-order valence-corrected chi connectivity index (χ3v) is 4.42. The molecule has 1 saturated carbocycles. The molecule has 0 aromatic heterocycles. The Balaban J connectivity index is 1.73. The van der Waals surface area contributed by atoms with E-state index in [1.165, 1.54) is 0 Å². The highest BCUT2D eigenvalue weighted by Gasteiger charge is 2.36. The largest absolute Gasteiger partial charge is 0.457 e. The van der Waals surface area contributed by atoms with Crippen molar-refractivity contribution in [1.29, 1.82) is 5.26 Å². The second kappa shape index (κ2) is 7.18. The average molecular weight is 325 g/mol. The molecule has 0 bridgehead atoms. The molecule has 1 amide bonds. The Kier molecular flexibility index (Phi) is 4.80. The van der Waals surface area contributed by atoms with Crippen molar-refractivity contribution in [3.05, 3.63) is 47.2 Å². The van der Waals surface area contributed by atoms with Gasteiger partial charge in [-0.2, -0.15) is 5.26 Å². The monoisotopic (exact) mass is 325 g/mol. The Hall–Kier alpha value is -2.81. The smallest absolute Gasteiger partial charge is 0.351 e. The molecule has 1 aliphatic heterocycles. The van der Waals surface area contributed by atoms with Crippen molar-refractivity contribution in [1.82, 2.24) is 10.6 Å². The first kappa shape index (κ1) is 16.1. The van der Waals surface area contributed by atoms with E-state index in [1.807, 2.05) is 36.4 Å². The third kappa shape index (κ3) is 3.40. The van der Waals surface area contributed by atoms with E-state index < -0.39 is 11.9 Å². The normalized spacial score (nSPS) is 24.7. The van der Waals surface area contributed by atoms with Gasteiger partial charge in [-0.25, -0.2) is 4.79 Å². The Morgan fingerprint density at radius 3 is 2.50 bits per heavy atom. The van der Waals surface area contributed by atoms with Crippen LogP contribution in [0, 0.1) is 11.3 Å². The molecular formula is C18H19N3O3. The Bertz CT molecular complexity index is 706. The van der Waals surface area contributed by atoms with Crippen LogP contribution < -0.4 is 10.6 Å². The van der Waals surface area contributed by atoms with E-state index >= 15 is 0 Å². The van der Waals surface area contributed by atoms with Crippen molar-refractivity contribution in [2.24, 2.45) is 0 Å². The van der Waals surface area contributed by atoms with Gasteiger partial charge in [-0.15, -0.1) is 0 Å². The molecule has 0 spiro atoms. The topological polar surface area (TPSA) is 91.2 Å². The summed E-state index contributed by atoms with van der Waals surface area (Å²) in [6, 6.07) is 11.1. The van der Waals surface area contributed by atoms with E-state index in [0.717, 1.165) is 31.2 Å². The van der Waals surface area contributed by atoms with E-state index in [0.29, 0.717) is 0 Å². The lowest BCUT2D eigenvalue weighted by molar-refractivity contribution is -0.140. The van der Waals surface area contributed by atoms with Crippen molar-refractivity contribution in [3.8, 4) is 6.07 Å². The highest BCUT2D eigenvalue weighted by molar-refractivity contribution is 6.05. The number of nitrogens with one attached hydrogen (secondary N) is 2. The molecule has 3 rings (SSSR count). The van der Waals surface area contributed by atoms with Crippen molar-refractivity contribution in [3.63, 3.8) is 0 Å². The average Bonchev–Trinajstić information content (AvgIpc) is 2.62. The minimum absolute atomic E-state index is 0.0266. The predicted molar refractivity (Wildman–Crippen MR) is 86.2 cm³/mol. The second-order valence-corrected chi connectivity index (χ2v) is 6.04. The molecule has 6 heteroatoms. The number of fused-ring (bicyclic) bond motifs is 1. The number of nitrogens with zero attached hydrogens (tertiary/aromatic N) is 1. The van der Waals surface area contributed by atoms with Crippen LogP contribution in [-0.2, 0) is 20.9 Å². The minimum atomic E-state index is -0.784. The summed E-state index contributed by atoms with van der Waals surface area (Å²) in [6.45, 7) is 0.0613. The summed E-state index contributed by atoms with van der Waals surface area (Å²) < 4.78 is 5.18. The van der Waals surface area contributed by atoms with E-state index in [4.69, 9.17) is 4.74 Å². The number of rotatable bonds is 3. The van der Waals surface area contributed by atoms with Crippen molar-refractivity contribution >= 4 is 11.9 Å². The number of carbonyl (C=O) groups excluding carboxylic acids is 2. The van der Waals surface area contributed by atoms with Gasteiger partial charge < -0.3 is 15.4 Å². The Morgan fingerprint density at radius 1 is 1.17 bits per heavy atom. The van der Waals surface area contributed by atoms with E-state index in [2.05, 4.69) is 10.6 Å². The zero-order valence-corrected chi connectivity index (χ0v) is 13.2. The Labute approximate surface area is 140 Å². The molecule has 6 nitrogen and oxygen atoms in total. The number of hydrogen-bond acceptors (Lipinski definition) is 5. The highest BCUT2D eigenvalue weighted by atomic mass is 16.5. The number of ether oxygens (including phenoxy) is 1. The van der Waals surface area contributed by atoms with Gasteiger partial charge in [0.05, 0.1) is 0 Å². The lowest BCUT2D eigenvalue weighted by Gasteiger charge is -2.38. The van der Waals surface area contributed by atoms with Gasteiger partial charge in [0.25, 0.3) is 5.91 Å². The number of esters is 1. The standard InChI is InChI=1S/C18H19N3O3/c19-10-13(18(23)24-11-12-6-2-1-3-7-12)16-17(22)21-15-9-5-4-8-14(15)20-16/h1-3,6-7,14-15,20H,4-5,8-9,11H2,(H,21,22)/b16-13-/t14-,15-/m0/s1. The first-order valence-electron chi connectivity index (χ1n) is 8.12. The van der Waals surface area contributed by atoms with Crippen LogP contribution in [0.4, 0.5) is 0 Å². The van der Waals surface area contributed by atoms with Crippen LogP contribution in [0.15, 0.2) is 41.6 Å². The maximum absolute atomic E-state index is 12.2. The zero-order valence-electron chi connectivity index (χ0n) is 13.2. The van der Waals surface area contributed by atoms with Crippen LogP contribution in [0.25, 0.3) is 0 Å². The molecular weight excluding hydrogens is 306 g/mol. The van der Waals surface area contributed by atoms with Crippen LogP contribution >= 0.6 is 0 Å². The fraction of sp³-hybridized carbons (Fsp3) is 0.389. The summed E-state index contributed by atoms with van der Waals surface area (Å²) >= 11 is 0. The van der Waals surface area contributed by atoms with Crippen LogP contribution in [0.3, 0.4) is 0 Å². The zero-order chi connectivity index (χ0) is 16.9. The third-order valence-electron chi connectivity index (χ3n) is 4.42. The molecule has 1 saturated heterocycles. The summed E-state index contributed by atoms with van der Waals surface area (Å²) in [5.74, 6) is -1.19. The maximum Gasteiger partial charge on any atom is 0.351 e. The first-order chi connectivity index (χ1) is 11.7. The number of carbonyl (C=O) groups is 2. The summed E-state index contributed by atoms with van der Waals surface area (Å²) in [6.07, 6.45) is 3.97. The molecule has 2 N–H and O–H groups in total. The van der Waals surface area contributed by atoms with Crippen molar-refractivity contribution < 1.29 is 14.3 Å². The van der Waals surface area contributed by atoms with E-state index in [-0.39, 0.29) is 30.0 Å². The summed E-state index contributed by atoms with van der Waals surface area (Å²) in [4.78, 5) is 24.5. The van der Waals surface area contributed by atoms with Crippen LogP contribution in [0.1, 0.15) is 31.2 Å². The first-order valence-corrected chi connectivity index (χ1v) is 8.12. The van der Waals surface area contributed by atoms with Gasteiger partial charge in [0.15, 0.2) is 5.57 Å². The maximum atomic E-state index is 12.2. The van der Waals surface area contributed by atoms with Crippen LogP contribution in [-0.4, -0.2) is 24.0 Å². The van der Waals surface area contributed by atoms with Crippen LogP contribution in [0.5, 0.6) is 0 Å². The molecule has 0 radical (unpaired) electrons. The fourth-order valence-electron chi connectivity index (χ4n) is 3.15. The van der Waals surface area contributed by atoms with Gasteiger partial charge in [-0.1, -0.05) is 43.2 Å². The van der Waals surface area contributed by atoms with Gasteiger partial charge in [-0.05, 0) is 18.4 Å². The molecule has 1 aromatic rings. The molecule has 1 heterocycles. The molecule has 1 aliphatic carbocycles. The number of amides is 1.